The van der Waals surface area contributed by atoms with Crippen LogP contribution in [0.15, 0.2) is 54.6 Å². The molecule has 0 saturated heterocycles. The van der Waals surface area contributed by atoms with E-state index in [0.29, 0.717) is 38.4 Å². The molecule has 28 heavy (non-hydrogen) atoms. The van der Waals surface area contributed by atoms with E-state index in [1.54, 1.807) is 24.0 Å². The second-order valence-electron chi connectivity index (χ2n) is 6.17. The van der Waals surface area contributed by atoms with E-state index in [1.807, 2.05) is 49.4 Å². The van der Waals surface area contributed by atoms with Gasteiger partial charge in [-0.3, -0.25) is 4.79 Å². The molecule has 150 valence electrons. The maximum Gasteiger partial charge on any atom is 0.321 e. The van der Waals surface area contributed by atoms with Crippen molar-refractivity contribution in [3.63, 3.8) is 0 Å². The summed E-state index contributed by atoms with van der Waals surface area (Å²) in [6.45, 7) is 5.42. The van der Waals surface area contributed by atoms with Gasteiger partial charge < -0.3 is 19.7 Å². The molecule has 2 aromatic rings. The summed E-state index contributed by atoms with van der Waals surface area (Å²) in [5.41, 5.74) is 1.81. The van der Waals surface area contributed by atoms with Crippen molar-refractivity contribution in [2.24, 2.45) is 0 Å². The van der Waals surface area contributed by atoms with Crippen molar-refractivity contribution >= 4 is 17.7 Å². The van der Waals surface area contributed by atoms with Crippen LogP contribution in [0.2, 0.25) is 0 Å². The van der Waals surface area contributed by atoms with E-state index >= 15 is 0 Å². The zero-order chi connectivity index (χ0) is 20.2. The Hall–Kier alpha value is -3.02. The molecular formula is C22H28N2O4. The minimum Gasteiger partial charge on any atom is -0.494 e. The van der Waals surface area contributed by atoms with Crippen LogP contribution < -0.4 is 10.1 Å². The lowest BCUT2D eigenvalue weighted by molar-refractivity contribution is -0.143. The molecule has 0 fully saturated rings. The molecule has 1 N–H and O–H groups in total. The molecule has 0 saturated carbocycles. The number of carbonyl (C=O) groups is 2. The highest BCUT2D eigenvalue weighted by Crippen LogP contribution is 2.16. The SMILES string of the molecule is CCOC(=O)CCN(CCc1ccccc1)C(=O)Nc1ccc(OCC)cc1. The number of urea groups is 1. The Kier molecular flexibility index (Phi) is 8.85. The van der Waals surface area contributed by atoms with Crippen LogP contribution in [0.5, 0.6) is 5.75 Å². The molecule has 0 unspecified atom stereocenters. The number of amides is 2. The Morgan fingerprint density at radius 2 is 1.64 bits per heavy atom. The third-order valence-corrected chi connectivity index (χ3v) is 4.11. The van der Waals surface area contributed by atoms with E-state index in [0.717, 1.165) is 11.3 Å². The van der Waals surface area contributed by atoms with E-state index in [1.165, 1.54) is 0 Å². The largest absolute Gasteiger partial charge is 0.494 e. The molecule has 2 rings (SSSR count). The number of carbonyl (C=O) groups excluding carboxylic acids is 2. The molecular weight excluding hydrogens is 356 g/mol. The van der Waals surface area contributed by atoms with Crippen LogP contribution in [0.1, 0.15) is 25.8 Å². The van der Waals surface area contributed by atoms with Gasteiger partial charge >= 0.3 is 12.0 Å². The van der Waals surface area contributed by atoms with Crippen LogP contribution in [0.4, 0.5) is 10.5 Å². The minimum atomic E-state index is -0.305. The van der Waals surface area contributed by atoms with Gasteiger partial charge in [-0.25, -0.2) is 4.79 Å². The van der Waals surface area contributed by atoms with Crippen LogP contribution in [-0.2, 0) is 16.0 Å². The summed E-state index contributed by atoms with van der Waals surface area (Å²) in [6, 6.07) is 16.9. The van der Waals surface area contributed by atoms with Crippen molar-refractivity contribution < 1.29 is 19.1 Å². The fraction of sp³-hybridized carbons (Fsp3) is 0.364. The molecule has 2 amide bonds. The smallest absolute Gasteiger partial charge is 0.321 e. The number of ether oxygens (including phenoxy) is 2. The molecule has 0 aliphatic carbocycles. The highest BCUT2D eigenvalue weighted by Gasteiger charge is 2.16. The Labute approximate surface area is 166 Å². The second-order valence-corrected chi connectivity index (χ2v) is 6.17. The zero-order valence-electron chi connectivity index (χ0n) is 16.5. The van der Waals surface area contributed by atoms with Gasteiger partial charge in [0, 0.05) is 18.8 Å². The van der Waals surface area contributed by atoms with Gasteiger partial charge in [0.15, 0.2) is 0 Å². The molecule has 0 spiro atoms. The quantitative estimate of drug-likeness (QED) is 0.626. The van der Waals surface area contributed by atoms with Crippen molar-refractivity contribution in [3.05, 3.63) is 60.2 Å². The number of esters is 1. The Balaban J connectivity index is 1.98. The summed E-state index contributed by atoms with van der Waals surface area (Å²) >= 11 is 0. The van der Waals surface area contributed by atoms with Crippen molar-refractivity contribution in [1.29, 1.82) is 0 Å². The van der Waals surface area contributed by atoms with Crippen LogP contribution in [0.25, 0.3) is 0 Å². The normalized spacial score (nSPS) is 10.2. The molecule has 0 aliphatic rings. The Morgan fingerprint density at radius 3 is 2.29 bits per heavy atom. The highest BCUT2D eigenvalue weighted by atomic mass is 16.5. The maximum atomic E-state index is 12.7. The number of hydrogen-bond acceptors (Lipinski definition) is 4. The van der Waals surface area contributed by atoms with Gasteiger partial charge in [0.05, 0.1) is 19.6 Å². The molecule has 0 radical (unpaired) electrons. The third kappa shape index (κ3) is 7.31. The van der Waals surface area contributed by atoms with Gasteiger partial charge in [0.25, 0.3) is 0 Å². The van der Waals surface area contributed by atoms with Crippen LogP contribution in [-0.4, -0.2) is 43.2 Å². The summed E-state index contributed by atoms with van der Waals surface area (Å²) in [5.74, 6) is 0.449. The number of anilines is 1. The summed E-state index contributed by atoms with van der Waals surface area (Å²) < 4.78 is 10.4. The topological polar surface area (TPSA) is 67.9 Å². The van der Waals surface area contributed by atoms with Crippen molar-refractivity contribution in [2.45, 2.75) is 26.7 Å². The van der Waals surface area contributed by atoms with Crippen molar-refractivity contribution in [3.8, 4) is 5.75 Å². The summed E-state index contributed by atoms with van der Waals surface area (Å²) in [7, 11) is 0. The predicted octanol–water partition coefficient (Wildman–Crippen LogP) is 4.12. The van der Waals surface area contributed by atoms with Crippen molar-refractivity contribution in [2.75, 3.05) is 31.6 Å². The molecule has 0 aliphatic heterocycles. The Morgan fingerprint density at radius 1 is 0.929 bits per heavy atom. The Bertz CT molecular complexity index is 732. The average Bonchev–Trinajstić information content (AvgIpc) is 2.70. The number of nitrogens with zero attached hydrogens (tertiary/aromatic N) is 1. The first-order valence-electron chi connectivity index (χ1n) is 9.60. The molecule has 0 heterocycles. The van der Waals surface area contributed by atoms with E-state index in [2.05, 4.69) is 5.32 Å². The highest BCUT2D eigenvalue weighted by molar-refractivity contribution is 5.89. The van der Waals surface area contributed by atoms with Crippen LogP contribution in [0.3, 0.4) is 0 Å². The van der Waals surface area contributed by atoms with E-state index in [4.69, 9.17) is 9.47 Å². The number of nitrogens with one attached hydrogen (secondary N) is 1. The van der Waals surface area contributed by atoms with Gasteiger partial charge in [-0.2, -0.15) is 0 Å². The first-order valence-corrected chi connectivity index (χ1v) is 9.60. The summed E-state index contributed by atoms with van der Waals surface area (Å²) in [4.78, 5) is 26.1. The summed E-state index contributed by atoms with van der Waals surface area (Å²) in [6.07, 6.45) is 0.875. The molecule has 6 nitrogen and oxygen atoms in total. The molecule has 0 bridgehead atoms. The first kappa shape index (κ1) is 21.3. The lowest BCUT2D eigenvalue weighted by atomic mass is 10.1. The van der Waals surface area contributed by atoms with E-state index in [9.17, 15) is 9.59 Å². The monoisotopic (exact) mass is 384 g/mol. The number of rotatable bonds is 10. The predicted molar refractivity (Wildman–Crippen MR) is 110 cm³/mol. The second kappa shape index (κ2) is 11.6. The van der Waals surface area contributed by atoms with Crippen LogP contribution >= 0.6 is 0 Å². The number of hydrogen-bond donors (Lipinski definition) is 1. The fourth-order valence-corrected chi connectivity index (χ4v) is 2.69. The lowest BCUT2D eigenvalue weighted by Gasteiger charge is -2.23. The fourth-order valence-electron chi connectivity index (χ4n) is 2.69. The molecule has 0 atom stereocenters. The van der Waals surface area contributed by atoms with Crippen molar-refractivity contribution in [1.82, 2.24) is 4.90 Å². The standard InChI is InChI=1S/C22H28N2O4/c1-3-27-20-12-10-19(11-13-20)23-22(26)24(17-15-21(25)28-4-2)16-14-18-8-6-5-7-9-18/h5-13H,3-4,14-17H2,1-2H3,(H,23,26). The maximum absolute atomic E-state index is 12.7. The van der Waals surface area contributed by atoms with Crippen LogP contribution in [0, 0.1) is 0 Å². The third-order valence-electron chi connectivity index (χ3n) is 4.11. The van der Waals surface area contributed by atoms with E-state index < -0.39 is 0 Å². The molecule has 6 heteroatoms. The van der Waals surface area contributed by atoms with Gasteiger partial charge in [0.1, 0.15) is 5.75 Å². The molecule has 2 aromatic carbocycles. The first-order chi connectivity index (χ1) is 13.6. The average molecular weight is 384 g/mol. The molecule has 0 aromatic heterocycles. The lowest BCUT2D eigenvalue weighted by Crippen LogP contribution is -2.38. The van der Waals surface area contributed by atoms with Gasteiger partial charge in [0.2, 0.25) is 0 Å². The zero-order valence-corrected chi connectivity index (χ0v) is 16.5. The van der Waals surface area contributed by atoms with Gasteiger partial charge in [-0.15, -0.1) is 0 Å². The minimum absolute atomic E-state index is 0.166. The van der Waals surface area contributed by atoms with E-state index in [-0.39, 0.29) is 18.4 Å². The van der Waals surface area contributed by atoms with Gasteiger partial charge in [-0.05, 0) is 50.1 Å². The number of benzene rings is 2. The van der Waals surface area contributed by atoms with Gasteiger partial charge in [-0.1, -0.05) is 30.3 Å². The summed E-state index contributed by atoms with van der Waals surface area (Å²) in [5, 5.41) is 2.88.